The van der Waals surface area contributed by atoms with E-state index >= 15 is 0 Å². The van der Waals surface area contributed by atoms with E-state index in [9.17, 15) is 4.79 Å². The fraction of sp³-hybridized carbons (Fsp3) is 0.412. The van der Waals surface area contributed by atoms with E-state index < -0.39 is 0 Å². The Balaban J connectivity index is 0.00000208. The highest BCUT2D eigenvalue weighted by molar-refractivity contribution is 7.15. The van der Waals surface area contributed by atoms with Gasteiger partial charge in [0.15, 0.2) is 0 Å². The standard InChI is InChI=1S/C17H21N3O2S.ClH/c1-11(19-16(21)14-10-22-9-8-18-14)15-12(2)20-17(23-15)13-6-4-3-5-7-13;/h3-7,11,14,18H,8-10H2,1-2H3,(H,19,21);1H. The zero-order chi connectivity index (χ0) is 16.2. The summed E-state index contributed by atoms with van der Waals surface area (Å²) < 4.78 is 5.34. The molecule has 2 N–H and O–H groups in total. The van der Waals surface area contributed by atoms with Gasteiger partial charge in [0.25, 0.3) is 0 Å². The lowest BCUT2D eigenvalue weighted by Crippen LogP contribution is -2.51. The molecule has 2 atom stereocenters. The second-order valence-corrected chi connectivity index (χ2v) is 6.68. The van der Waals surface area contributed by atoms with E-state index in [1.54, 1.807) is 11.3 Å². The van der Waals surface area contributed by atoms with Crippen LogP contribution in [0.3, 0.4) is 0 Å². The average molecular weight is 368 g/mol. The number of benzene rings is 1. The summed E-state index contributed by atoms with van der Waals surface area (Å²) in [5.41, 5.74) is 2.07. The summed E-state index contributed by atoms with van der Waals surface area (Å²) in [5, 5.41) is 7.22. The molecule has 1 aliphatic rings. The van der Waals surface area contributed by atoms with Crippen LogP contribution < -0.4 is 10.6 Å². The first-order valence-electron chi connectivity index (χ1n) is 7.79. The smallest absolute Gasteiger partial charge is 0.240 e. The van der Waals surface area contributed by atoms with Crippen molar-refractivity contribution in [3.8, 4) is 10.6 Å². The number of halogens is 1. The zero-order valence-electron chi connectivity index (χ0n) is 13.7. The summed E-state index contributed by atoms with van der Waals surface area (Å²) in [5.74, 6) is -0.0220. The summed E-state index contributed by atoms with van der Waals surface area (Å²) >= 11 is 1.63. The van der Waals surface area contributed by atoms with Gasteiger partial charge in [-0.25, -0.2) is 4.98 Å². The second kappa shape index (κ2) is 8.58. The second-order valence-electron chi connectivity index (χ2n) is 5.65. The maximum atomic E-state index is 12.3. The number of carbonyl (C=O) groups excluding carboxylic acids is 1. The monoisotopic (exact) mass is 367 g/mol. The molecule has 3 rings (SSSR count). The lowest BCUT2D eigenvalue weighted by Gasteiger charge is -2.24. The normalized spacial score (nSPS) is 18.5. The molecule has 1 amide bonds. The molecule has 0 aliphatic carbocycles. The molecule has 5 nitrogen and oxygen atoms in total. The first kappa shape index (κ1) is 18.9. The molecule has 0 spiro atoms. The number of hydrogen-bond donors (Lipinski definition) is 2. The number of nitrogens with zero attached hydrogens (tertiary/aromatic N) is 1. The number of nitrogens with one attached hydrogen (secondary N) is 2. The summed E-state index contributed by atoms with van der Waals surface area (Å²) in [6.07, 6.45) is 0. The van der Waals surface area contributed by atoms with Crippen LogP contribution in [0, 0.1) is 6.92 Å². The lowest BCUT2D eigenvalue weighted by atomic mass is 10.2. The molecule has 130 valence electrons. The number of carbonyl (C=O) groups is 1. The van der Waals surface area contributed by atoms with Gasteiger partial charge in [-0.3, -0.25) is 4.79 Å². The van der Waals surface area contributed by atoms with Crippen molar-refractivity contribution in [3.63, 3.8) is 0 Å². The van der Waals surface area contributed by atoms with Crippen molar-refractivity contribution in [2.75, 3.05) is 19.8 Å². The van der Waals surface area contributed by atoms with Crippen molar-refractivity contribution in [1.29, 1.82) is 0 Å². The van der Waals surface area contributed by atoms with Crippen LogP contribution in [0.2, 0.25) is 0 Å². The van der Waals surface area contributed by atoms with E-state index in [-0.39, 0.29) is 30.4 Å². The molecule has 7 heteroatoms. The molecule has 1 aromatic carbocycles. The van der Waals surface area contributed by atoms with Crippen molar-refractivity contribution in [3.05, 3.63) is 40.9 Å². The highest BCUT2D eigenvalue weighted by Gasteiger charge is 2.24. The third kappa shape index (κ3) is 4.33. The predicted molar refractivity (Wildman–Crippen MR) is 98.7 cm³/mol. The summed E-state index contributed by atoms with van der Waals surface area (Å²) in [4.78, 5) is 18.0. The number of hydrogen-bond acceptors (Lipinski definition) is 5. The van der Waals surface area contributed by atoms with E-state index in [1.807, 2.05) is 32.0 Å². The maximum absolute atomic E-state index is 12.3. The van der Waals surface area contributed by atoms with E-state index in [4.69, 9.17) is 4.74 Å². The number of amides is 1. The van der Waals surface area contributed by atoms with Gasteiger partial charge < -0.3 is 15.4 Å². The average Bonchev–Trinajstić information content (AvgIpc) is 2.98. The number of ether oxygens (including phenoxy) is 1. The molecule has 1 aromatic heterocycles. The van der Waals surface area contributed by atoms with Crippen molar-refractivity contribution < 1.29 is 9.53 Å². The van der Waals surface area contributed by atoms with E-state index in [0.29, 0.717) is 19.8 Å². The minimum atomic E-state index is -0.270. The molecule has 2 unspecified atom stereocenters. The van der Waals surface area contributed by atoms with E-state index in [2.05, 4.69) is 27.8 Å². The van der Waals surface area contributed by atoms with Gasteiger partial charge in [-0.15, -0.1) is 23.7 Å². The predicted octanol–water partition coefficient (Wildman–Crippen LogP) is 2.71. The van der Waals surface area contributed by atoms with Crippen LogP contribution in [0.4, 0.5) is 0 Å². The van der Waals surface area contributed by atoms with Crippen molar-refractivity contribution in [2.24, 2.45) is 0 Å². The number of morpholine rings is 1. The van der Waals surface area contributed by atoms with Crippen LogP contribution in [0.15, 0.2) is 30.3 Å². The van der Waals surface area contributed by atoms with Crippen molar-refractivity contribution in [2.45, 2.75) is 25.9 Å². The molecule has 2 heterocycles. The van der Waals surface area contributed by atoms with Crippen molar-refractivity contribution >= 4 is 29.7 Å². The Morgan fingerprint density at radius 2 is 2.17 bits per heavy atom. The summed E-state index contributed by atoms with van der Waals surface area (Å²) in [6.45, 7) is 5.78. The first-order chi connectivity index (χ1) is 11.1. The highest BCUT2D eigenvalue weighted by Crippen LogP contribution is 2.31. The Morgan fingerprint density at radius 1 is 1.42 bits per heavy atom. The van der Waals surface area contributed by atoms with Crippen LogP contribution >= 0.6 is 23.7 Å². The van der Waals surface area contributed by atoms with Gasteiger partial charge in [-0.1, -0.05) is 30.3 Å². The fourth-order valence-corrected chi connectivity index (χ4v) is 3.70. The van der Waals surface area contributed by atoms with Gasteiger partial charge in [-0.05, 0) is 13.8 Å². The Morgan fingerprint density at radius 3 is 2.83 bits per heavy atom. The SMILES string of the molecule is Cc1nc(-c2ccccc2)sc1C(C)NC(=O)C1COCCN1.Cl. The molecule has 2 aromatic rings. The van der Waals surface area contributed by atoms with Crippen LogP contribution in [0.1, 0.15) is 23.5 Å². The lowest BCUT2D eigenvalue weighted by molar-refractivity contribution is -0.126. The number of rotatable bonds is 4. The minimum Gasteiger partial charge on any atom is -0.378 e. The molecule has 1 aliphatic heterocycles. The van der Waals surface area contributed by atoms with Crippen LogP contribution in [0.25, 0.3) is 10.6 Å². The summed E-state index contributed by atoms with van der Waals surface area (Å²) in [7, 11) is 0. The third-order valence-electron chi connectivity index (χ3n) is 3.84. The molecule has 0 saturated carbocycles. The molecular formula is C17H22ClN3O2S. The molecule has 1 saturated heterocycles. The van der Waals surface area contributed by atoms with Gasteiger partial charge >= 0.3 is 0 Å². The Bertz CT molecular complexity index is 672. The number of aromatic nitrogens is 1. The van der Waals surface area contributed by atoms with Crippen LogP contribution in [-0.4, -0.2) is 36.7 Å². The van der Waals surface area contributed by atoms with Gasteiger partial charge in [0, 0.05) is 12.1 Å². The molecular weight excluding hydrogens is 346 g/mol. The third-order valence-corrected chi connectivity index (χ3v) is 5.23. The van der Waals surface area contributed by atoms with Gasteiger partial charge in [0.1, 0.15) is 11.0 Å². The zero-order valence-corrected chi connectivity index (χ0v) is 15.4. The Labute approximate surface area is 152 Å². The maximum Gasteiger partial charge on any atom is 0.240 e. The number of thiazole rings is 1. The highest BCUT2D eigenvalue weighted by atomic mass is 35.5. The van der Waals surface area contributed by atoms with Crippen LogP contribution in [-0.2, 0) is 9.53 Å². The fourth-order valence-electron chi connectivity index (χ4n) is 2.63. The molecule has 1 fully saturated rings. The molecule has 24 heavy (non-hydrogen) atoms. The Hall–Kier alpha value is -1.47. The number of aryl methyl sites for hydroxylation is 1. The van der Waals surface area contributed by atoms with Crippen LogP contribution in [0.5, 0.6) is 0 Å². The quantitative estimate of drug-likeness (QED) is 0.872. The molecule has 0 radical (unpaired) electrons. The van der Waals surface area contributed by atoms with Gasteiger partial charge in [-0.2, -0.15) is 0 Å². The minimum absolute atomic E-state index is 0. The van der Waals surface area contributed by atoms with Crippen molar-refractivity contribution in [1.82, 2.24) is 15.6 Å². The topological polar surface area (TPSA) is 63.2 Å². The largest absolute Gasteiger partial charge is 0.378 e. The van der Waals surface area contributed by atoms with Gasteiger partial charge in [0.2, 0.25) is 5.91 Å². The summed E-state index contributed by atoms with van der Waals surface area (Å²) in [6, 6.07) is 9.77. The van der Waals surface area contributed by atoms with E-state index in [1.165, 1.54) is 0 Å². The van der Waals surface area contributed by atoms with E-state index in [0.717, 1.165) is 21.1 Å². The Kier molecular flexibility index (Phi) is 6.74. The molecule has 0 bridgehead atoms. The van der Waals surface area contributed by atoms with Gasteiger partial charge in [0.05, 0.1) is 29.8 Å². The first-order valence-corrected chi connectivity index (χ1v) is 8.61.